The van der Waals surface area contributed by atoms with Gasteiger partial charge in [0.05, 0.1) is 25.6 Å². The highest BCUT2D eigenvalue weighted by Gasteiger charge is 2.13. The molecule has 3 amide bonds. The maximum absolute atomic E-state index is 12.1. The molecule has 0 bridgehead atoms. The third-order valence-electron chi connectivity index (χ3n) is 3.33. The van der Waals surface area contributed by atoms with Crippen molar-refractivity contribution >= 4 is 29.1 Å². The lowest BCUT2D eigenvalue weighted by Gasteiger charge is -2.11. The van der Waals surface area contributed by atoms with Gasteiger partial charge in [0.2, 0.25) is 0 Å². The number of carbonyl (C=O) groups is 3. The van der Waals surface area contributed by atoms with Crippen LogP contribution < -0.4 is 25.6 Å². The topological polar surface area (TPSA) is 106 Å². The van der Waals surface area contributed by atoms with Crippen LogP contribution in [0, 0.1) is 6.92 Å². The minimum Gasteiger partial charge on any atom is -0.493 e. The first kappa shape index (κ1) is 19.3. The summed E-state index contributed by atoms with van der Waals surface area (Å²) in [5.41, 5.74) is 4.79. The van der Waals surface area contributed by atoms with Crippen molar-refractivity contribution in [2.75, 3.05) is 20.8 Å². The summed E-state index contributed by atoms with van der Waals surface area (Å²) in [6, 6.07) is 8.11. The van der Waals surface area contributed by atoms with Crippen molar-refractivity contribution in [3.05, 3.63) is 45.6 Å². The second kappa shape index (κ2) is 8.86. The first-order chi connectivity index (χ1) is 12.4. The molecule has 2 aromatic rings. The van der Waals surface area contributed by atoms with Crippen molar-refractivity contribution in [3.8, 4) is 11.5 Å². The first-order valence-electron chi connectivity index (χ1n) is 7.60. The van der Waals surface area contributed by atoms with Crippen LogP contribution in [-0.4, -0.2) is 38.5 Å². The van der Waals surface area contributed by atoms with Crippen molar-refractivity contribution in [2.24, 2.45) is 0 Å². The Morgan fingerprint density at radius 1 is 0.962 bits per heavy atom. The Kier molecular flexibility index (Phi) is 6.56. The van der Waals surface area contributed by atoms with Crippen LogP contribution in [0.2, 0.25) is 0 Å². The quantitative estimate of drug-likeness (QED) is 0.658. The van der Waals surface area contributed by atoms with Gasteiger partial charge >= 0.3 is 0 Å². The number of hydrazine groups is 1. The lowest BCUT2D eigenvalue weighted by molar-refractivity contribution is -0.120. The van der Waals surface area contributed by atoms with Crippen LogP contribution in [-0.2, 0) is 4.79 Å². The molecule has 0 aliphatic heterocycles. The van der Waals surface area contributed by atoms with Gasteiger partial charge in [-0.2, -0.15) is 0 Å². The smallest absolute Gasteiger partial charge is 0.269 e. The summed E-state index contributed by atoms with van der Waals surface area (Å²) < 4.78 is 10.2. The van der Waals surface area contributed by atoms with E-state index in [1.54, 1.807) is 12.1 Å². The molecule has 1 aromatic carbocycles. The van der Waals surface area contributed by atoms with Crippen LogP contribution in [0.5, 0.6) is 11.5 Å². The number of benzene rings is 1. The van der Waals surface area contributed by atoms with Crippen molar-refractivity contribution in [1.82, 2.24) is 16.2 Å². The summed E-state index contributed by atoms with van der Waals surface area (Å²) in [5.74, 6) is -0.547. The molecule has 138 valence electrons. The third kappa shape index (κ3) is 4.96. The number of carbonyl (C=O) groups excluding carboxylic acids is 3. The lowest BCUT2D eigenvalue weighted by Crippen LogP contribution is -2.46. The molecule has 0 saturated carbocycles. The molecule has 0 unspecified atom stereocenters. The van der Waals surface area contributed by atoms with Gasteiger partial charge in [-0.05, 0) is 37.3 Å². The molecule has 1 heterocycles. The van der Waals surface area contributed by atoms with Gasteiger partial charge < -0.3 is 14.8 Å². The van der Waals surface area contributed by atoms with Gasteiger partial charge in [-0.1, -0.05) is 0 Å². The largest absolute Gasteiger partial charge is 0.493 e. The number of nitrogens with one attached hydrogen (secondary N) is 3. The molecule has 8 nitrogen and oxygen atoms in total. The van der Waals surface area contributed by atoms with Gasteiger partial charge in [0.1, 0.15) is 0 Å². The van der Waals surface area contributed by atoms with E-state index in [-0.39, 0.29) is 18.0 Å². The standard InChI is InChI=1S/C17H19N3O5S/c1-10-4-7-14(26-10)17(23)18-9-15(21)19-20-16(22)11-5-6-12(24-2)13(8-11)25-3/h4-8H,9H2,1-3H3,(H,18,23)(H,19,21)(H,20,22). The molecule has 0 atom stereocenters. The SMILES string of the molecule is COc1ccc(C(=O)NNC(=O)CNC(=O)c2ccc(C)s2)cc1OC. The minimum atomic E-state index is -0.555. The van der Waals surface area contributed by atoms with Crippen LogP contribution >= 0.6 is 11.3 Å². The molecule has 0 saturated heterocycles. The van der Waals surface area contributed by atoms with E-state index in [0.29, 0.717) is 16.4 Å². The van der Waals surface area contributed by atoms with Gasteiger partial charge in [0, 0.05) is 10.4 Å². The number of rotatable bonds is 6. The van der Waals surface area contributed by atoms with Gasteiger partial charge in [-0.25, -0.2) is 0 Å². The highest BCUT2D eigenvalue weighted by molar-refractivity contribution is 7.13. The Labute approximate surface area is 154 Å². The maximum atomic E-state index is 12.1. The van der Waals surface area contributed by atoms with E-state index in [1.165, 1.54) is 37.7 Å². The van der Waals surface area contributed by atoms with Crippen molar-refractivity contribution in [2.45, 2.75) is 6.92 Å². The van der Waals surface area contributed by atoms with E-state index < -0.39 is 11.8 Å². The molecule has 0 spiro atoms. The molecule has 1 aromatic heterocycles. The van der Waals surface area contributed by atoms with E-state index in [4.69, 9.17) is 9.47 Å². The van der Waals surface area contributed by atoms with E-state index in [0.717, 1.165) is 4.88 Å². The fraction of sp³-hybridized carbons (Fsp3) is 0.235. The highest BCUT2D eigenvalue weighted by Crippen LogP contribution is 2.27. The second-order valence-corrected chi connectivity index (χ2v) is 6.45. The summed E-state index contributed by atoms with van der Waals surface area (Å²) >= 11 is 1.33. The zero-order valence-electron chi connectivity index (χ0n) is 14.5. The van der Waals surface area contributed by atoms with Crippen LogP contribution in [0.25, 0.3) is 0 Å². The van der Waals surface area contributed by atoms with Gasteiger partial charge in [0.25, 0.3) is 17.7 Å². The zero-order valence-corrected chi connectivity index (χ0v) is 15.4. The van der Waals surface area contributed by atoms with E-state index in [2.05, 4.69) is 16.2 Å². The highest BCUT2D eigenvalue weighted by atomic mass is 32.1. The Morgan fingerprint density at radius 2 is 1.69 bits per heavy atom. The molecule has 0 aliphatic rings. The van der Waals surface area contributed by atoms with Crippen molar-refractivity contribution in [3.63, 3.8) is 0 Å². The molecule has 2 rings (SSSR count). The van der Waals surface area contributed by atoms with Gasteiger partial charge in [-0.3, -0.25) is 25.2 Å². The predicted molar refractivity (Wildman–Crippen MR) is 96.5 cm³/mol. The summed E-state index contributed by atoms with van der Waals surface area (Å²) in [6.07, 6.45) is 0. The first-order valence-corrected chi connectivity index (χ1v) is 8.42. The normalized spacial score (nSPS) is 9.96. The number of methoxy groups -OCH3 is 2. The average Bonchev–Trinajstić information content (AvgIpc) is 3.09. The number of aryl methyl sites for hydroxylation is 1. The number of hydrogen-bond donors (Lipinski definition) is 3. The third-order valence-corrected chi connectivity index (χ3v) is 4.33. The summed E-state index contributed by atoms with van der Waals surface area (Å²) in [7, 11) is 2.95. The zero-order chi connectivity index (χ0) is 19.1. The van der Waals surface area contributed by atoms with Crippen LogP contribution in [0.3, 0.4) is 0 Å². The molecule has 9 heteroatoms. The number of hydrogen-bond acceptors (Lipinski definition) is 6. The molecule has 0 aliphatic carbocycles. The number of amides is 3. The Bertz CT molecular complexity index is 818. The number of thiophene rings is 1. The minimum absolute atomic E-state index is 0.262. The van der Waals surface area contributed by atoms with Gasteiger partial charge in [-0.15, -0.1) is 11.3 Å². The molecule has 0 radical (unpaired) electrons. The maximum Gasteiger partial charge on any atom is 0.269 e. The summed E-state index contributed by atoms with van der Waals surface area (Å²) in [4.78, 5) is 37.2. The fourth-order valence-electron chi connectivity index (χ4n) is 2.02. The predicted octanol–water partition coefficient (Wildman–Crippen LogP) is 1.26. The molecule has 26 heavy (non-hydrogen) atoms. The van der Waals surface area contributed by atoms with Gasteiger partial charge in [0.15, 0.2) is 11.5 Å². The Balaban J connectivity index is 1.83. The molecular weight excluding hydrogens is 358 g/mol. The van der Waals surface area contributed by atoms with E-state index in [1.807, 2.05) is 13.0 Å². The summed E-state index contributed by atoms with van der Waals surface area (Å²) in [6.45, 7) is 1.62. The van der Waals surface area contributed by atoms with Crippen LogP contribution in [0.1, 0.15) is 24.9 Å². The molecule has 3 N–H and O–H groups in total. The van der Waals surface area contributed by atoms with Crippen LogP contribution in [0.15, 0.2) is 30.3 Å². The van der Waals surface area contributed by atoms with Crippen molar-refractivity contribution in [1.29, 1.82) is 0 Å². The fourth-order valence-corrected chi connectivity index (χ4v) is 2.81. The Hall–Kier alpha value is -3.07. The van der Waals surface area contributed by atoms with Crippen molar-refractivity contribution < 1.29 is 23.9 Å². The van der Waals surface area contributed by atoms with Crippen LogP contribution in [0.4, 0.5) is 0 Å². The summed E-state index contributed by atoms with van der Waals surface area (Å²) in [5, 5.41) is 2.48. The van der Waals surface area contributed by atoms with E-state index >= 15 is 0 Å². The molecular formula is C17H19N3O5S. The monoisotopic (exact) mass is 377 g/mol. The van der Waals surface area contributed by atoms with E-state index in [9.17, 15) is 14.4 Å². The average molecular weight is 377 g/mol. The number of ether oxygens (including phenoxy) is 2. The molecule has 0 fully saturated rings. The second-order valence-electron chi connectivity index (χ2n) is 5.17. The lowest BCUT2D eigenvalue weighted by atomic mass is 10.2. The Morgan fingerprint density at radius 3 is 2.31 bits per heavy atom.